The summed E-state index contributed by atoms with van der Waals surface area (Å²) in [7, 11) is 1.73. The van der Waals surface area contributed by atoms with Crippen molar-refractivity contribution in [1.82, 2.24) is 14.5 Å². The van der Waals surface area contributed by atoms with Gasteiger partial charge in [0.15, 0.2) is 0 Å². The summed E-state index contributed by atoms with van der Waals surface area (Å²) < 4.78 is 7.79. The van der Waals surface area contributed by atoms with E-state index in [-0.39, 0.29) is 0 Å². The van der Waals surface area contributed by atoms with E-state index in [0.29, 0.717) is 6.04 Å². The highest BCUT2D eigenvalue weighted by atomic mass is 16.5. The van der Waals surface area contributed by atoms with Gasteiger partial charge in [-0.3, -0.25) is 4.90 Å². The molecule has 2 aromatic rings. The summed E-state index contributed by atoms with van der Waals surface area (Å²) in [5.41, 5.74) is 1.23. The minimum Gasteiger partial charge on any atom is -0.496 e. The van der Waals surface area contributed by atoms with Gasteiger partial charge in [0.1, 0.15) is 11.6 Å². The number of ether oxygens (including phenoxy) is 1. The summed E-state index contributed by atoms with van der Waals surface area (Å²) in [5.74, 6) is 2.13. The molecule has 0 spiro atoms. The topological polar surface area (TPSA) is 30.3 Å². The Hall–Kier alpha value is -1.81. The van der Waals surface area contributed by atoms with Crippen LogP contribution in [-0.4, -0.2) is 28.1 Å². The number of nitrogens with zero attached hydrogens (tertiary/aromatic N) is 3. The van der Waals surface area contributed by atoms with E-state index >= 15 is 0 Å². The summed E-state index contributed by atoms with van der Waals surface area (Å²) in [4.78, 5) is 6.94. The molecular weight excluding hydrogens is 262 g/mol. The molecule has 4 heteroatoms. The van der Waals surface area contributed by atoms with Crippen LogP contribution in [0.1, 0.15) is 37.2 Å². The lowest BCUT2D eigenvalue weighted by molar-refractivity contribution is 0.256. The average molecular weight is 285 g/mol. The van der Waals surface area contributed by atoms with Crippen molar-refractivity contribution >= 4 is 0 Å². The van der Waals surface area contributed by atoms with Crippen molar-refractivity contribution in [3.05, 3.63) is 48.0 Å². The number of methoxy groups -OCH3 is 1. The Bertz CT molecular complexity index is 589. The number of aromatic nitrogens is 2. The Morgan fingerprint density at radius 1 is 1.29 bits per heavy atom. The maximum atomic E-state index is 5.45. The van der Waals surface area contributed by atoms with Crippen molar-refractivity contribution in [2.75, 3.05) is 13.7 Å². The molecule has 1 aromatic heterocycles. The van der Waals surface area contributed by atoms with Crippen LogP contribution in [0.5, 0.6) is 5.75 Å². The number of rotatable bonds is 7. The Morgan fingerprint density at radius 2 is 2.10 bits per heavy atom. The highest BCUT2D eigenvalue weighted by Crippen LogP contribution is 2.35. The van der Waals surface area contributed by atoms with Crippen LogP contribution >= 0.6 is 0 Å². The molecule has 0 N–H and O–H groups in total. The van der Waals surface area contributed by atoms with Crippen molar-refractivity contribution in [3.63, 3.8) is 0 Å². The van der Waals surface area contributed by atoms with Crippen molar-refractivity contribution < 1.29 is 4.74 Å². The van der Waals surface area contributed by atoms with Crippen LogP contribution in [0, 0.1) is 0 Å². The second-order valence-corrected chi connectivity index (χ2v) is 5.60. The van der Waals surface area contributed by atoms with Gasteiger partial charge in [-0.1, -0.05) is 25.1 Å². The van der Waals surface area contributed by atoms with E-state index in [1.165, 1.54) is 24.2 Å². The van der Waals surface area contributed by atoms with Crippen molar-refractivity contribution in [2.24, 2.45) is 0 Å². The fourth-order valence-electron chi connectivity index (χ4n) is 2.71. The second kappa shape index (κ2) is 6.31. The molecule has 0 radical (unpaired) electrons. The van der Waals surface area contributed by atoms with E-state index in [1.54, 1.807) is 7.11 Å². The van der Waals surface area contributed by atoms with Gasteiger partial charge in [-0.2, -0.15) is 0 Å². The normalized spacial score (nSPS) is 14.6. The van der Waals surface area contributed by atoms with Crippen LogP contribution < -0.4 is 4.74 Å². The fourth-order valence-corrected chi connectivity index (χ4v) is 2.71. The maximum Gasteiger partial charge on any atom is 0.123 e. The van der Waals surface area contributed by atoms with Gasteiger partial charge in [0, 0.05) is 30.5 Å². The molecule has 0 unspecified atom stereocenters. The largest absolute Gasteiger partial charge is 0.496 e. The third kappa shape index (κ3) is 3.27. The van der Waals surface area contributed by atoms with Gasteiger partial charge >= 0.3 is 0 Å². The van der Waals surface area contributed by atoms with E-state index < -0.39 is 0 Å². The van der Waals surface area contributed by atoms with Crippen molar-refractivity contribution in [2.45, 2.75) is 38.9 Å². The molecule has 112 valence electrons. The predicted octanol–water partition coefficient (Wildman–Crippen LogP) is 3.25. The summed E-state index contributed by atoms with van der Waals surface area (Å²) >= 11 is 0. The SMILES string of the molecule is CCN(Cc1ccccc1OC)Cc1nccn1C1CC1. The Kier molecular flexibility index (Phi) is 4.25. The molecule has 1 saturated carbocycles. The smallest absolute Gasteiger partial charge is 0.123 e. The molecule has 1 aromatic carbocycles. The van der Waals surface area contributed by atoms with Gasteiger partial charge in [-0.05, 0) is 25.5 Å². The molecule has 1 aliphatic rings. The van der Waals surface area contributed by atoms with E-state index in [0.717, 1.165) is 25.4 Å². The Morgan fingerprint density at radius 3 is 2.81 bits per heavy atom. The van der Waals surface area contributed by atoms with E-state index in [9.17, 15) is 0 Å². The molecule has 0 bridgehead atoms. The quantitative estimate of drug-likeness (QED) is 0.782. The average Bonchev–Trinajstić information content (AvgIpc) is 3.26. The third-order valence-corrected chi connectivity index (χ3v) is 4.09. The molecule has 1 heterocycles. The number of para-hydroxylation sites is 1. The second-order valence-electron chi connectivity index (χ2n) is 5.60. The molecule has 1 aliphatic carbocycles. The minimum absolute atomic E-state index is 0.687. The monoisotopic (exact) mass is 285 g/mol. The van der Waals surface area contributed by atoms with Gasteiger partial charge in [0.25, 0.3) is 0 Å². The highest BCUT2D eigenvalue weighted by molar-refractivity contribution is 5.33. The summed E-state index contributed by atoms with van der Waals surface area (Å²) in [6.45, 7) is 4.96. The first-order valence-electron chi connectivity index (χ1n) is 7.67. The standard InChI is InChI=1S/C17H23N3O/c1-3-19(12-14-6-4-5-7-16(14)21-2)13-17-18-10-11-20(17)15-8-9-15/h4-7,10-11,15H,3,8-9,12-13H2,1-2H3. The Labute approximate surface area is 126 Å². The van der Waals surface area contributed by atoms with Gasteiger partial charge in [-0.25, -0.2) is 4.98 Å². The lowest BCUT2D eigenvalue weighted by Crippen LogP contribution is -2.24. The fraction of sp³-hybridized carbons (Fsp3) is 0.471. The molecule has 21 heavy (non-hydrogen) atoms. The molecule has 1 fully saturated rings. The molecule has 0 atom stereocenters. The summed E-state index contributed by atoms with van der Waals surface area (Å²) in [5, 5.41) is 0. The maximum absolute atomic E-state index is 5.45. The third-order valence-electron chi connectivity index (χ3n) is 4.09. The zero-order chi connectivity index (χ0) is 14.7. The number of benzene rings is 1. The molecule has 4 nitrogen and oxygen atoms in total. The van der Waals surface area contributed by atoms with Crippen LogP contribution in [0.3, 0.4) is 0 Å². The van der Waals surface area contributed by atoms with Crippen LogP contribution in [0.25, 0.3) is 0 Å². The molecule has 3 rings (SSSR count). The first kappa shape index (κ1) is 14.1. The molecular formula is C17H23N3O. The zero-order valence-electron chi connectivity index (χ0n) is 12.8. The van der Waals surface area contributed by atoms with Gasteiger partial charge in [-0.15, -0.1) is 0 Å². The van der Waals surface area contributed by atoms with Crippen LogP contribution in [0.15, 0.2) is 36.7 Å². The highest BCUT2D eigenvalue weighted by Gasteiger charge is 2.25. The van der Waals surface area contributed by atoms with E-state index in [4.69, 9.17) is 4.74 Å². The minimum atomic E-state index is 0.687. The van der Waals surface area contributed by atoms with Crippen LogP contribution in [0.4, 0.5) is 0 Å². The van der Waals surface area contributed by atoms with Crippen molar-refractivity contribution in [1.29, 1.82) is 0 Å². The van der Waals surface area contributed by atoms with E-state index in [2.05, 4.69) is 39.7 Å². The number of hydrogen-bond donors (Lipinski definition) is 0. The van der Waals surface area contributed by atoms with E-state index in [1.807, 2.05) is 18.3 Å². The predicted molar refractivity (Wildman–Crippen MR) is 83.3 cm³/mol. The van der Waals surface area contributed by atoms with Gasteiger partial charge in [0.05, 0.1) is 13.7 Å². The lowest BCUT2D eigenvalue weighted by atomic mass is 10.2. The molecule has 0 amide bonds. The summed E-state index contributed by atoms with van der Waals surface area (Å²) in [6.07, 6.45) is 6.62. The molecule has 0 aliphatic heterocycles. The first-order chi connectivity index (χ1) is 10.3. The lowest BCUT2D eigenvalue weighted by Gasteiger charge is -2.22. The summed E-state index contributed by atoms with van der Waals surface area (Å²) in [6, 6.07) is 8.92. The van der Waals surface area contributed by atoms with Gasteiger partial charge < -0.3 is 9.30 Å². The first-order valence-corrected chi connectivity index (χ1v) is 7.67. The number of hydrogen-bond acceptors (Lipinski definition) is 3. The van der Waals surface area contributed by atoms with Crippen LogP contribution in [-0.2, 0) is 13.1 Å². The molecule has 0 saturated heterocycles. The van der Waals surface area contributed by atoms with Gasteiger partial charge in [0.2, 0.25) is 0 Å². The number of imidazole rings is 1. The van der Waals surface area contributed by atoms with Crippen LogP contribution in [0.2, 0.25) is 0 Å². The van der Waals surface area contributed by atoms with Crippen molar-refractivity contribution in [3.8, 4) is 5.75 Å². The Balaban J connectivity index is 1.71. The zero-order valence-corrected chi connectivity index (χ0v) is 12.8.